The average Bonchev–Trinajstić information content (AvgIpc) is 2.82. The van der Waals surface area contributed by atoms with E-state index in [0.29, 0.717) is 5.58 Å². The Morgan fingerprint density at radius 3 is 2.80 bits per heavy atom. The number of rotatable bonds is 1. The second-order valence-corrected chi connectivity index (χ2v) is 3.07. The van der Waals surface area contributed by atoms with Crippen molar-refractivity contribution < 1.29 is 4.42 Å². The quantitative estimate of drug-likeness (QED) is 0.634. The van der Waals surface area contributed by atoms with E-state index in [2.05, 4.69) is 15.2 Å². The topological polar surface area (TPSA) is 82.8 Å². The molecule has 0 atom stereocenters. The first kappa shape index (κ1) is 7.98. The summed E-state index contributed by atoms with van der Waals surface area (Å²) < 4.78 is 6.95. The zero-order chi connectivity index (χ0) is 10.3. The van der Waals surface area contributed by atoms with Crippen molar-refractivity contribution in [2.75, 3.05) is 5.73 Å². The van der Waals surface area contributed by atoms with Crippen LogP contribution in [0, 0.1) is 0 Å². The maximum Gasteiger partial charge on any atom is 0.292 e. The summed E-state index contributed by atoms with van der Waals surface area (Å²) in [5, 5.41) is 7.46. The summed E-state index contributed by atoms with van der Waals surface area (Å²) in [6.45, 7) is 0. The Morgan fingerprint density at radius 2 is 2.00 bits per heavy atom. The smallest absolute Gasteiger partial charge is 0.292 e. The highest BCUT2D eigenvalue weighted by Gasteiger charge is 2.04. The lowest BCUT2D eigenvalue weighted by Gasteiger charge is -1.98. The molecule has 0 saturated carbocycles. The van der Waals surface area contributed by atoms with Crippen LogP contribution in [0.25, 0.3) is 16.8 Å². The Labute approximate surface area is 84.4 Å². The molecule has 0 spiro atoms. The van der Waals surface area contributed by atoms with Crippen molar-refractivity contribution >= 4 is 17.1 Å². The molecule has 15 heavy (non-hydrogen) atoms. The largest absolute Gasteiger partial charge is 0.424 e. The number of benzene rings is 1. The summed E-state index contributed by atoms with van der Waals surface area (Å²) >= 11 is 0. The Morgan fingerprint density at radius 1 is 1.20 bits per heavy atom. The van der Waals surface area contributed by atoms with E-state index < -0.39 is 0 Å². The van der Waals surface area contributed by atoms with E-state index in [-0.39, 0.29) is 6.01 Å². The SMILES string of the molecule is Nc1nc2cc(-n3cnnc3)ccc2o1. The second-order valence-electron chi connectivity index (χ2n) is 3.07. The van der Waals surface area contributed by atoms with E-state index in [4.69, 9.17) is 10.2 Å². The third-order valence-electron chi connectivity index (χ3n) is 2.10. The lowest BCUT2D eigenvalue weighted by Crippen LogP contribution is -1.89. The predicted molar refractivity (Wildman–Crippen MR) is 53.3 cm³/mol. The fourth-order valence-corrected chi connectivity index (χ4v) is 1.43. The van der Waals surface area contributed by atoms with Crippen molar-refractivity contribution in [1.29, 1.82) is 0 Å². The van der Waals surface area contributed by atoms with Gasteiger partial charge in [0.2, 0.25) is 0 Å². The molecule has 74 valence electrons. The lowest BCUT2D eigenvalue weighted by molar-refractivity contribution is 0.626. The molecular formula is C9H7N5O. The summed E-state index contributed by atoms with van der Waals surface area (Å²) in [4.78, 5) is 4.04. The number of aromatic nitrogens is 4. The molecule has 0 bridgehead atoms. The lowest BCUT2D eigenvalue weighted by atomic mass is 10.3. The first-order valence-corrected chi connectivity index (χ1v) is 4.34. The molecule has 0 radical (unpaired) electrons. The number of hydrogen-bond donors (Lipinski definition) is 1. The van der Waals surface area contributed by atoms with Gasteiger partial charge in [-0.3, -0.25) is 4.57 Å². The molecule has 0 aliphatic carbocycles. The molecule has 2 N–H and O–H groups in total. The van der Waals surface area contributed by atoms with Crippen molar-refractivity contribution in [3.05, 3.63) is 30.9 Å². The molecule has 3 rings (SSSR count). The normalized spacial score (nSPS) is 10.9. The maximum atomic E-state index is 5.45. The molecule has 0 unspecified atom stereocenters. The van der Waals surface area contributed by atoms with Gasteiger partial charge in [0.25, 0.3) is 6.01 Å². The van der Waals surface area contributed by atoms with Gasteiger partial charge in [0, 0.05) is 0 Å². The third-order valence-corrected chi connectivity index (χ3v) is 2.10. The Hall–Kier alpha value is -2.37. The number of anilines is 1. The van der Waals surface area contributed by atoms with Crippen LogP contribution in [-0.4, -0.2) is 19.7 Å². The Kier molecular flexibility index (Phi) is 1.49. The molecule has 6 heteroatoms. The van der Waals surface area contributed by atoms with Crippen molar-refractivity contribution in [3.63, 3.8) is 0 Å². The zero-order valence-electron chi connectivity index (χ0n) is 7.66. The molecule has 2 heterocycles. The summed E-state index contributed by atoms with van der Waals surface area (Å²) in [6.07, 6.45) is 3.23. The summed E-state index contributed by atoms with van der Waals surface area (Å²) in [6, 6.07) is 5.73. The minimum absolute atomic E-state index is 0.172. The van der Waals surface area contributed by atoms with Gasteiger partial charge in [-0.25, -0.2) is 0 Å². The van der Waals surface area contributed by atoms with E-state index in [1.165, 1.54) is 0 Å². The number of fused-ring (bicyclic) bond motifs is 1. The highest BCUT2D eigenvalue weighted by atomic mass is 16.4. The van der Waals surface area contributed by atoms with E-state index in [9.17, 15) is 0 Å². The summed E-state index contributed by atoms with van der Waals surface area (Å²) in [7, 11) is 0. The molecule has 2 aromatic heterocycles. The monoisotopic (exact) mass is 201 g/mol. The second kappa shape index (κ2) is 2.81. The van der Waals surface area contributed by atoms with Gasteiger partial charge < -0.3 is 10.2 Å². The van der Waals surface area contributed by atoms with Crippen LogP contribution in [0.5, 0.6) is 0 Å². The van der Waals surface area contributed by atoms with Gasteiger partial charge in [0.15, 0.2) is 5.58 Å². The number of nitrogens with zero attached hydrogens (tertiary/aromatic N) is 4. The maximum absolute atomic E-state index is 5.45. The van der Waals surface area contributed by atoms with Gasteiger partial charge in [-0.05, 0) is 18.2 Å². The van der Waals surface area contributed by atoms with Gasteiger partial charge >= 0.3 is 0 Å². The fraction of sp³-hybridized carbons (Fsp3) is 0. The molecule has 6 nitrogen and oxygen atoms in total. The van der Waals surface area contributed by atoms with Crippen LogP contribution in [-0.2, 0) is 0 Å². The van der Waals surface area contributed by atoms with E-state index in [1.54, 1.807) is 17.2 Å². The van der Waals surface area contributed by atoms with E-state index in [0.717, 1.165) is 11.2 Å². The van der Waals surface area contributed by atoms with Crippen LogP contribution in [0.15, 0.2) is 35.3 Å². The van der Waals surface area contributed by atoms with Gasteiger partial charge in [-0.15, -0.1) is 10.2 Å². The highest BCUT2D eigenvalue weighted by molar-refractivity contribution is 5.76. The Bertz CT molecular complexity index is 598. The van der Waals surface area contributed by atoms with Gasteiger partial charge in [0.1, 0.15) is 18.2 Å². The zero-order valence-corrected chi connectivity index (χ0v) is 7.66. The molecule has 0 fully saturated rings. The van der Waals surface area contributed by atoms with E-state index in [1.807, 2.05) is 18.2 Å². The van der Waals surface area contributed by atoms with Crippen LogP contribution in [0.4, 0.5) is 6.01 Å². The van der Waals surface area contributed by atoms with Gasteiger partial charge in [-0.2, -0.15) is 4.98 Å². The molecule has 0 aliphatic rings. The van der Waals surface area contributed by atoms with Crippen LogP contribution < -0.4 is 5.73 Å². The molecular weight excluding hydrogens is 194 g/mol. The first-order chi connectivity index (χ1) is 7.33. The number of hydrogen-bond acceptors (Lipinski definition) is 5. The molecule has 0 aliphatic heterocycles. The predicted octanol–water partition coefficient (Wildman–Crippen LogP) is 0.991. The van der Waals surface area contributed by atoms with Crippen molar-refractivity contribution in [1.82, 2.24) is 19.7 Å². The summed E-state index contributed by atoms with van der Waals surface area (Å²) in [5.41, 5.74) is 7.76. The van der Waals surface area contributed by atoms with Gasteiger partial charge in [0.05, 0.1) is 5.69 Å². The first-order valence-electron chi connectivity index (χ1n) is 4.34. The van der Waals surface area contributed by atoms with Crippen molar-refractivity contribution in [3.8, 4) is 5.69 Å². The van der Waals surface area contributed by atoms with Gasteiger partial charge in [-0.1, -0.05) is 0 Å². The average molecular weight is 201 g/mol. The number of nitrogens with two attached hydrogens (primary N) is 1. The van der Waals surface area contributed by atoms with Crippen LogP contribution in [0.2, 0.25) is 0 Å². The third kappa shape index (κ3) is 1.23. The van der Waals surface area contributed by atoms with E-state index >= 15 is 0 Å². The van der Waals surface area contributed by atoms with Crippen LogP contribution >= 0.6 is 0 Å². The van der Waals surface area contributed by atoms with Crippen molar-refractivity contribution in [2.24, 2.45) is 0 Å². The van der Waals surface area contributed by atoms with Crippen molar-refractivity contribution in [2.45, 2.75) is 0 Å². The number of nitrogen functional groups attached to an aromatic ring is 1. The minimum Gasteiger partial charge on any atom is -0.424 e. The summed E-state index contributed by atoms with van der Waals surface area (Å²) in [5.74, 6) is 0. The molecule has 3 aromatic rings. The molecule has 1 aromatic carbocycles. The number of oxazole rings is 1. The Balaban J connectivity index is 2.21. The molecule has 0 saturated heterocycles. The highest BCUT2D eigenvalue weighted by Crippen LogP contribution is 2.19. The van der Waals surface area contributed by atoms with Crippen LogP contribution in [0.1, 0.15) is 0 Å². The van der Waals surface area contributed by atoms with Crippen LogP contribution in [0.3, 0.4) is 0 Å². The standard InChI is InChI=1S/C9H7N5O/c10-9-13-7-3-6(1-2-8(7)15-9)14-4-11-12-5-14/h1-5H,(H2,10,13). The minimum atomic E-state index is 0.172. The fourth-order valence-electron chi connectivity index (χ4n) is 1.43. The molecule has 0 amide bonds.